The molecule has 4 nitrogen and oxygen atoms in total. The molecular formula is C17H20N2O2. The first-order valence-corrected chi connectivity index (χ1v) is 6.98. The molecule has 2 aromatic rings. The minimum Gasteiger partial charge on any atom is -0.497 e. The fourth-order valence-corrected chi connectivity index (χ4v) is 1.91. The van der Waals surface area contributed by atoms with E-state index in [4.69, 9.17) is 4.74 Å². The average Bonchev–Trinajstić information content (AvgIpc) is 2.54. The van der Waals surface area contributed by atoms with Crippen molar-refractivity contribution in [1.29, 1.82) is 0 Å². The van der Waals surface area contributed by atoms with Gasteiger partial charge in [-0.2, -0.15) is 0 Å². The van der Waals surface area contributed by atoms with Crippen molar-refractivity contribution in [3.05, 3.63) is 54.1 Å². The summed E-state index contributed by atoms with van der Waals surface area (Å²) in [7, 11) is 1.66. The molecule has 0 fully saturated rings. The van der Waals surface area contributed by atoms with Gasteiger partial charge in [-0.25, -0.2) is 0 Å². The molecule has 0 atom stereocenters. The molecule has 0 radical (unpaired) electrons. The number of methoxy groups -OCH3 is 1. The zero-order chi connectivity index (χ0) is 15.1. The van der Waals surface area contributed by atoms with Crippen LogP contribution >= 0.6 is 0 Å². The van der Waals surface area contributed by atoms with Gasteiger partial charge in [0.25, 0.3) is 0 Å². The van der Waals surface area contributed by atoms with Crippen LogP contribution in [0.15, 0.2) is 48.5 Å². The fraction of sp³-hybridized carbons (Fsp3) is 0.235. The summed E-state index contributed by atoms with van der Waals surface area (Å²) in [6, 6.07) is 15.6. The maximum atomic E-state index is 11.3. The van der Waals surface area contributed by atoms with Crippen LogP contribution in [0.2, 0.25) is 0 Å². The number of hydrogen-bond acceptors (Lipinski definition) is 3. The van der Waals surface area contributed by atoms with E-state index in [1.165, 1.54) is 0 Å². The number of hydrogen-bond donors (Lipinski definition) is 2. The van der Waals surface area contributed by atoms with Gasteiger partial charge in [-0.05, 0) is 42.0 Å². The Labute approximate surface area is 125 Å². The predicted molar refractivity (Wildman–Crippen MR) is 85.7 cm³/mol. The van der Waals surface area contributed by atoms with Gasteiger partial charge in [0.05, 0.1) is 7.11 Å². The van der Waals surface area contributed by atoms with Crippen LogP contribution in [0.25, 0.3) is 0 Å². The second-order valence-corrected chi connectivity index (χ2v) is 4.68. The number of nitrogens with one attached hydrogen (secondary N) is 2. The Hall–Kier alpha value is -2.49. The van der Waals surface area contributed by atoms with Crippen molar-refractivity contribution in [1.82, 2.24) is 0 Å². The van der Waals surface area contributed by atoms with Crippen molar-refractivity contribution < 1.29 is 9.53 Å². The number of anilines is 2. The number of ether oxygens (including phenoxy) is 1. The van der Waals surface area contributed by atoms with Gasteiger partial charge in [-0.1, -0.05) is 19.1 Å². The molecule has 0 heterocycles. The lowest BCUT2D eigenvalue weighted by Gasteiger charge is -2.09. The van der Waals surface area contributed by atoms with Crippen LogP contribution in [-0.2, 0) is 11.3 Å². The maximum absolute atomic E-state index is 11.3. The average molecular weight is 284 g/mol. The van der Waals surface area contributed by atoms with Crippen molar-refractivity contribution in [2.45, 2.75) is 19.9 Å². The molecule has 0 spiro atoms. The summed E-state index contributed by atoms with van der Waals surface area (Å²) in [5.74, 6) is 0.874. The van der Waals surface area contributed by atoms with E-state index in [0.29, 0.717) is 6.42 Å². The summed E-state index contributed by atoms with van der Waals surface area (Å²) in [5.41, 5.74) is 2.97. The molecule has 0 aliphatic carbocycles. The minimum atomic E-state index is 0.0205. The number of carbonyl (C=O) groups excluding carboxylic acids is 1. The topological polar surface area (TPSA) is 50.4 Å². The summed E-state index contributed by atoms with van der Waals surface area (Å²) in [6.07, 6.45) is 0.482. The van der Waals surface area contributed by atoms with Crippen LogP contribution in [0.4, 0.5) is 11.4 Å². The normalized spacial score (nSPS) is 10.0. The smallest absolute Gasteiger partial charge is 0.224 e. The highest BCUT2D eigenvalue weighted by atomic mass is 16.5. The van der Waals surface area contributed by atoms with Crippen LogP contribution in [0.1, 0.15) is 18.9 Å². The monoisotopic (exact) mass is 284 g/mol. The molecule has 2 aromatic carbocycles. The van der Waals surface area contributed by atoms with E-state index in [1.807, 2.05) is 55.5 Å². The Kier molecular flexibility index (Phi) is 5.21. The standard InChI is InChI=1S/C17H20N2O2/c1-3-17(20)19-15-9-7-14(8-10-15)18-12-13-5-4-6-16(11-13)21-2/h4-11,18H,3,12H2,1-2H3,(H,19,20). The molecule has 0 unspecified atom stereocenters. The highest BCUT2D eigenvalue weighted by Gasteiger charge is 2.00. The minimum absolute atomic E-state index is 0.0205. The molecule has 2 rings (SSSR count). The summed E-state index contributed by atoms with van der Waals surface area (Å²) in [4.78, 5) is 11.3. The Morgan fingerprint density at radius 3 is 2.48 bits per heavy atom. The molecule has 0 saturated heterocycles. The van der Waals surface area contributed by atoms with Gasteiger partial charge in [0.2, 0.25) is 5.91 Å². The Morgan fingerprint density at radius 2 is 1.81 bits per heavy atom. The molecule has 0 bridgehead atoms. The van der Waals surface area contributed by atoms with Gasteiger partial charge < -0.3 is 15.4 Å². The molecule has 0 aromatic heterocycles. The van der Waals surface area contributed by atoms with E-state index in [1.54, 1.807) is 7.11 Å². The number of benzene rings is 2. The van der Waals surface area contributed by atoms with Gasteiger partial charge >= 0.3 is 0 Å². The van der Waals surface area contributed by atoms with Crippen LogP contribution in [-0.4, -0.2) is 13.0 Å². The largest absolute Gasteiger partial charge is 0.497 e. The Balaban J connectivity index is 1.92. The first kappa shape index (κ1) is 14.9. The van der Waals surface area contributed by atoms with E-state index >= 15 is 0 Å². The molecule has 1 amide bonds. The van der Waals surface area contributed by atoms with Gasteiger partial charge in [-0.3, -0.25) is 4.79 Å². The lowest BCUT2D eigenvalue weighted by Crippen LogP contribution is -2.09. The lowest BCUT2D eigenvalue weighted by atomic mass is 10.2. The van der Waals surface area contributed by atoms with E-state index in [0.717, 1.165) is 29.2 Å². The van der Waals surface area contributed by atoms with Gasteiger partial charge in [0.15, 0.2) is 0 Å². The number of amides is 1. The van der Waals surface area contributed by atoms with Crippen molar-refractivity contribution in [3.63, 3.8) is 0 Å². The molecule has 0 aliphatic heterocycles. The highest BCUT2D eigenvalue weighted by molar-refractivity contribution is 5.90. The second kappa shape index (κ2) is 7.33. The third-order valence-electron chi connectivity index (χ3n) is 3.12. The second-order valence-electron chi connectivity index (χ2n) is 4.68. The summed E-state index contributed by atoms with van der Waals surface area (Å²) in [6.45, 7) is 2.55. The zero-order valence-corrected chi connectivity index (χ0v) is 12.3. The van der Waals surface area contributed by atoms with E-state index in [2.05, 4.69) is 10.6 Å². The molecule has 2 N–H and O–H groups in total. The van der Waals surface area contributed by atoms with Gasteiger partial charge in [-0.15, -0.1) is 0 Å². The first-order chi connectivity index (χ1) is 10.2. The Morgan fingerprint density at radius 1 is 1.10 bits per heavy atom. The van der Waals surface area contributed by atoms with Crippen molar-refractivity contribution in [3.8, 4) is 5.75 Å². The van der Waals surface area contributed by atoms with Crippen LogP contribution in [0.3, 0.4) is 0 Å². The van der Waals surface area contributed by atoms with Crippen molar-refractivity contribution in [2.75, 3.05) is 17.7 Å². The molecule has 21 heavy (non-hydrogen) atoms. The quantitative estimate of drug-likeness (QED) is 0.851. The molecular weight excluding hydrogens is 264 g/mol. The molecule has 0 aliphatic rings. The van der Waals surface area contributed by atoms with Gasteiger partial charge in [0.1, 0.15) is 5.75 Å². The van der Waals surface area contributed by atoms with Crippen LogP contribution in [0, 0.1) is 0 Å². The van der Waals surface area contributed by atoms with Crippen LogP contribution in [0.5, 0.6) is 5.75 Å². The van der Waals surface area contributed by atoms with Crippen molar-refractivity contribution in [2.24, 2.45) is 0 Å². The first-order valence-electron chi connectivity index (χ1n) is 6.98. The Bertz CT molecular complexity index is 594. The predicted octanol–water partition coefficient (Wildman–Crippen LogP) is 3.66. The SMILES string of the molecule is CCC(=O)Nc1ccc(NCc2cccc(OC)c2)cc1. The molecule has 4 heteroatoms. The summed E-state index contributed by atoms with van der Waals surface area (Å²) < 4.78 is 5.20. The van der Waals surface area contributed by atoms with E-state index < -0.39 is 0 Å². The molecule has 0 saturated carbocycles. The van der Waals surface area contributed by atoms with Crippen LogP contribution < -0.4 is 15.4 Å². The van der Waals surface area contributed by atoms with E-state index in [-0.39, 0.29) is 5.91 Å². The number of carbonyl (C=O) groups is 1. The number of rotatable bonds is 6. The van der Waals surface area contributed by atoms with Crippen molar-refractivity contribution >= 4 is 17.3 Å². The maximum Gasteiger partial charge on any atom is 0.224 e. The summed E-state index contributed by atoms with van der Waals surface area (Å²) >= 11 is 0. The lowest BCUT2D eigenvalue weighted by molar-refractivity contribution is -0.115. The zero-order valence-electron chi connectivity index (χ0n) is 12.3. The fourth-order valence-electron chi connectivity index (χ4n) is 1.91. The highest BCUT2D eigenvalue weighted by Crippen LogP contribution is 2.17. The van der Waals surface area contributed by atoms with Gasteiger partial charge in [0, 0.05) is 24.3 Å². The van der Waals surface area contributed by atoms with E-state index in [9.17, 15) is 4.79 Å². The third kappa shape index (κ3) is 4.53. The molecule has 110 valence electrons. The summed E-state index contributed by atoms with van der Waals surface area (Å²) in [5, 5.41) is 6.16. The third-order valence-corrected chi connectivity index (χ3v) is 3.12.